The predicted molar refractivity (Wildman–Crippen MR) is 188 cm³/mol. The quantitative estimate of drug-likeness (QED) is 0.224. The summed E-state index contributed by atoms with van der Waals surface area (Å²) in [4.78, 5) is 38.8. The van der Waals surface area contributed by atoms with Gasteiger partial charge in [0.25, 0.3) is 0 Å². The minimum absolute atomic E-state index is 0.0209. The lowest BCUT2D eigenvalue weighted by atomic mass is 9.85. The van der Waals surface area contributed by atoms with E-state index >= 15 is 0 Å². The van der Waals surface area contributed by atoms with Crippen LogP contribution in [0.2, 0.25) is 0 Å². The van der Waals surface area contributed by atoms with Crippen molar-refractivity contribution in [1.82, 2.24) is 21.1 Å². The number of aliphatic hydroxyl groups is 1. The minimum Gasteiger partial charge on any atom is -0.453 e. The Morgan fingerprint density at radius 2 is 1.59 bits per heavy atom. The molecule has 2 aromatic carbocycles. The summed E-state index contributed by atoms with van der Waals surface area (Å²) in [5, 5.41) is 18.8. The Balaban J connectivity index is 0.00000201. The molecule has 0 radical (unpaired) electrons. The van der Waals surface area contributed by atoms with Crippen molar-refractivity contribution < 1.29 is 38.4 Å². The number of hydrogen-bond acceptors (Lipinski definition) is 9. The summed E-state index contributed by atoms with van der Waals surface area (Å²) < 4.78 is 21.6. The number of fused-ring (bicyclic) bond motifs is 1. The number of carbonyl (C=O) groups excluding carboxylic acids is 3. The summed E-state index contributed by atoms with van der Waals surface area (Å²) in [7, 11) is 1.23. The Bertz CT molecular complexity index is 1270. The third-order valence-corrected chi connectivity index (χ3v) is 8.06. The van der Waals surface area contributed by atoms with E-state index in [-0.39, 0.29) is 31.9 Å². The summed E-state index contributed by atoms with van der Waals surface area (Å²) in [5.74, 6) is -0.493. The average molecular weight is 687 g/mol. The van der Waals surface area contributed by atoms with Gasteiger partial charge in [-0.25, -0.2) is 14.6 Å². The van der Waals surface area contributed by atoms with Crippen molar-refractivity contribution in [2.45, 2.75) is 105 Å². The van der Waals surface area contributed by atoms with E-state index in [0.717, 1.165) is 23.1 Å². The number of aryl methyl sites for hydroxylation is 1. The van der Waals surface area contributed by atoms with Gasteiger partial charge in [0.05, 0.1) is 38.4 Å². The van der Waals surface area contributed by atoms with Crippen LogP contribution >= 0.6 is 0 Å². The largest absolute Gasteiger partial charge is 0.453 e. The third kappa shape index (κ3) is 13.3. The van der Waals surface area contributed by atoms with Gasteiger partial charge in [-0.3, -0.25) is 10.2 Å². The van der Waals surface area contributed by atoms with Gasteiger partial charge < -0.3 is 34.7 Å². The molecule has 2 fully saturated rings. The molecule has 6 unspecified atom stereocenters. The van der Waals surface area contributed by atoms with Gasteiger partial charge in [0.2, 0.25) is 5.91 Å². The van der Waals surface area contributed by atoms with Gasteiger partial charge in [0.1, 0.15) is 12.1 Å². The molecule has 2 saturated heterocycles. The fourth-order valence-electron chi connectivity index (χ4n) is 5.53. The zero-order chi connectivity index (χ0) is 36.6. The van der Waals surface area contributed by atoms with Crippen molar-refractivity contribution in [2.75, 3.05) is 26.9 Å². The van der Waals surface area contributed by atoms with Crippen LogP contribution in [0.4, 0.5) is 9.59 Å². The maximum absolute atomic E-state index is 13.6. The number of benzene rings is 2. The van der Waals surface area contributed by atoms with Gasteiger partial charge in [0.15, 0.2) is 6.29 Å². The van der Waals surface area contributed by atoms with Crippen molar-refractivity contribution in [3.8, 4) is 0 Å². The third-order valence-electron chi connectivity index (χ3n) is 8.06. The first kappa shape index (κ1) is 41.5. The molecule has 0 spiro atoms. The number of ether oxygens (including phenoxy) is 4. The molecule has 3 amide bonds. The molecule has 0 aliphatic carbocycles. The maximum Gasteiger partial charge on any atom is 0.422 e. The van der Waals surface area contributed by atoms with E-state index in [2.05, 4.69) is 16.1 Å². The van der Waals surface area contributed by atoms with E-state index in [1.54, 1.807) is 5.01 Å². The summed E-state index contributed by atoms with van der Waals surface area (Å²) >= 11 is 0. The van der Waals surface area contributed by atoms with Gasteiger partial charge in [-0.2, -0.15) is 0 Å². The van der Waals surface area contributed by atoms with E-state index in [4.69, 9.17) is 18.9 Å². The van der Waals surface area contributed by atoms with Crippen LogP contribution in [-0.2, 0) is 36.7 Å². The standard InChI is InChI=1S/C33H46N4O8.2C2H6/c1-21-11-13-22(14-12-21)17-25(34-29(39)28(33(2,3)4)35-31(40)42-5)26(38)19-37(18-23-9-7-6-8-10-23)36-32(41)45-27-20-44-30-24(27)15-16-43-30;2*1-2/h6-14,24-28,30,38H,15-20H2,1-5H3,(H,34,39)(H,35,40)(H,36,41);2*1-2H3. The molecule has 0 bridgehead atoms. The van der Waals surface area contributed by atoms with Crippen LogP contribution in [0.1, 0.15) is 71.6 Å². The molecule has 274 valence electrons. The van der Waals surface area contributed by atoms with Gasteiger partial charge in [-0.05, 0) is 36.3 Å². The fraction of sp³-hybridized carbons (Fsp3) is 0.595. The molecule has 2 heterocycles. The SMILES string of the molecule is CC.CC.COC(=O)NC(C(=O)NC(Cc1ccc(C)cc1)C(O)CN(Cc1ccccc1)NC(=O)OC1COC2OCCC12)C(C)(C)C. The number of hydrogen-bond donors (Lipinski definition) is 4. The molecule has 49 heavy (non-hydrogen) atoms. The van der Waals surface area contributed by atoms with Crippen LogP contribution in [0.15, 0.2) is 54.6 Å². The number of amides is 3. The van der Waals surface area contributed by atoms with Gasteiger partial charge >= 0.3 is 12.2 Å². The van der Waals surface area contributed by atoms with Crippen molar-refractivity contribution in [3.05, 3.63) is 71.3 Å². The van der Waals surface area contributed by atoms with Crippen molar-refractivity contribution >= 4 is 18.1 Å². The first-order valence-electron chi connectivity index (χ1n) is 17.3. The Morgan fingerprint density at radius 3 is 2.20 bits per heavy atom. The summed E-state index contributed by atoms with van der Waals surface area (Å²) in [6, 6.07) is 15.6. The summed E-state index contributed by atoms with van der Waals surface area (Å²) in [5.41, 5.74) is 5.01. The van der Waals surface area contributed by atoms with Gasteiger partial charge in [-0.1, -0.05) is 109 Å². The molecule has 0 aromatic heterocycles. The molecule has 0 saturated carbocycles. The highest BCUT2D eigenvalue weighted by Crippen LogP contribution is 2.33. The number of rotatable bonds is 12. The lowest BCUT2D eigenvalue weighted by Gasteiger charge is -2.34. The molecular formula is C37H58N4O8. The molecule has 6 atom stereocenters. The second-order valence-electron chi connectivity index (χ2n) is 12.8. The molecule has 4 rings (SSSR count). The Labute approximate surface area is 292 Å². The van der Waals surface area contributed by atoms with E-state index in [0.29, 0.717) is 13.0 Å². The van der Waals surface area contributed by atoms with Gasteiger partial charge in [-0.15, -0.1) is 0 Å². The first-order valence-corrected chi connectivity index (χ1v) is 17.3. The predicted octanol–water partition coefficient (Wildman–Crippen LogP) is 5.11. The van der Waals surface area contributed by atoms with Crippen molar-refractivity contribution in [1.29, 1.82) is 0 Å². The zero-order valence-electron chi connectivity index (χ0n) is 30.7. The fourth-order valence-corrected chi connectivity index (χ4v) is 5.53. The zero-order valence-corrected chi connectivity index (χ0v) is 30.7. The first-order chi connectivity index (χ1) is 23.4. The second kappa shape index (κ2) is 20.7. The van der Waals surface area contributed by atoms with E-state index in [9.17, 15) is 19.5 Å². The summed E-state index contributed by atoms with van der Waals surface area (Å²) in [6.45, 7) is 16.5. The van der Waals surface area contributed by atoms with Crippen LogP contribution in [0.5, 0.6) is 0 Å². The Kier molecular flexibility index (Phi) is 17.5. The highest BCUT2D eigenvalue weighted by Gasteiger charge is 2.44. The molecule has 4 N–H and O–H groups in total. The van der Waals surface area contributed by atoms with Crippen LogP contribution in [0.25, 0.3) is 0 Å². The maximum atomic E-state index is 13.6. The van der Waals surface area contributed by atoms with E-state index in [1.807, 2.05) is 110 Å². The highest BCUT2D eigenvalue weighted by atomic mass is 16.7. The average Bonchev–Trinajstić information content (AvgIpc) is 3.71. The second-order valence-corrected chi connectivity index (χ2v) is 12.8. The summed E-state index contributed by atoms with van der Waals surface area (Å²) in [6.07, 6.45) is -2.30. The van der Waals surface area contributed by atoms with E-state index in [1.165, 1.54) is 7.11 Å². The number of methoxy groups -OCH3 is 1. The number of nitrogens with one attached hydrogen (secondary N) is 3. The molecule has 2 aliphatic rings. The van der Waals surface area contributed by atoms with Crippen molar-refractivity contribution in [2.24, 2.45) is 11.3 Å². The minimum atomic E-state index is -1.14. The number of aliphatic hydroxyl groups excluding tert-OH is 1. The topological polar surface area (TPSA) is 148 Å². The monoisotopic (exact) mass is 686 g/mol. The molecule has 2 aliphatic heterocycles. The Hall–Kier alpha value is -3.71. The number of nitrogens with zero attached hydrogens (tertiary/aromatic N) is 1. The Morgan fingerprint density at radius 1 is 0.939 bits per heavy atom. The molecular weight excluding hydrogens is 628 g/mol. The van der Waals surface area contributed by atoms with Crippen LogP contribution in [-0.4, -0.2) is 85.7 Å². The number of hydrazine groups is 1. The van der Waals surface area contributed by atoms with Crippen LogP contribution < -0.4 is 16.1 Å². The van der Waals surface area contributed by atoms with E-state index < -0.39 is 47.8 Å². The molecule has 12 nitrogen and oxygen atoms in total. The molecule has 2 aromatic rings. The van der Waals surface area contributed by atoms with Crippen LogP contribution in [0, 0.1) is 18.3 Å². The number of carbonyl (C=O) groups is 3. The normalized spacial score (nSPS) is 19.9. The smallest absolute Gasteiger partial charge is 0.422 e. The van der Waals surface area contributed by atoms with Crippen molar-refractivity contribution in [3.63, 3.8) is 0 Å². The lowest BCUT2D eigenvalue weighted by molar-refractivity contribution is -0.127. The van der Waals surface area contributed by atoms with Gasteiger partial charge in [0, 0.05) is 13.1 Å². The van der Waals surface area contributed by atoms with Crippen LogP contribution in [0.3, 0.4) is 0 Å². The lowest BCUT2D eigenvalue weighted by Crippen LogP contribution is -2.59. The molecule has 12 heteroatoms. The highest BCUT2D eigenvalue weighted by molar-refractivity contribution is 5.86. The number of alkyl carbamates (subject to hydrolysis) is 1.